The monoisotopic (exact) mass is 232 g/mol. The summed E-state index contributed by atoms with van der Waals surface area (Å²) in [7, 11) is 0. The molecule has 0 atom stereocenters. The SMILES string of the molecule is Nc1cncc(NCCc2cccc(F)c2)n1. The third-order valence-electron chi connectivity index (χ3n) is 2.26. The van der Waals surface area contributed by atoms with Crippen LogP contribution in [-0.2, 0) is 6.42 Å². The highest BCUT2D eigenvalue weighted by molar-refractivity contribution is 5.38. The number of nitrogens with two attached hydrogens (primary N) is 1. The number of rotatable bonds is 4. The molecule has 0 unspecified atom stereocenters. The van der Waals surface area contributed by atoms with Crippen molar-refractivity contribution < 1.29 is 4.39 Å². The molecule has 4 nitrogen and oxygen atoms in total. The van der Waals surface area contributed by atoms with E-state index in [0.29, 0.717) is 24.6 Å². The van der Waals surface area contributed by atoms with E-state index in [2.05, 4.69) is 15.3 Å². The number of nitrogen functional groups attached to an aromatic ring is 1. The molecule has 0 saturated carbocycles. The van der Waals surface area contributed by atoms with Gasteiger partial charge in [-0.1, -0.05) is 12.1 Å². The first kappa shape index (κ1) is 11.3. The minimum Gasteiger partial charge on any atom is -0.382 e. The molecule has 3 N–H and O–H groups in total. The smallest absolute Gasteiger partial charge is 0.146 e. The van der Waals surface area contributed by atoms with Gasteiger partial charge >= 0.3 is 0 Å². The van der Waals surface area contributed by atoms with Gasteiger partial charge in [-0.05, 0) is 24.1 Å². The molecule has 0 aliphatic carbocycles. The first-order valence-electron chi connectivity index (χ1n) is 5.30. The Morgan fingerprint density at radius 1 is 1.29 bits per heavy atom. The molecular formula is C12H13FN4. The van der Waals surface area contributed by atoms with Gasteiger partial charge in [-0.15, -0.1) is 0 Å². The fraction of sp³-hybridized carbons (Fsp3) is 0.167. The second-order valence-electron chi connectivity index (χ2n) is 3.64. The van der Waals surface area contributed by atoms with Gasteiger partial charge in [-0.3, -0.25) is 4.98 Å². The van der Waals surface area contributed by atoms with Crippen LogP contribution in [0.3, 0.4) is 0 Å². The zero-order valence-electron chi connectivity index (χ0n) is 9.23. The standard InChI is InChI=1S/C12H13FN4/c13-10-3-1-2-9(6-10)4-5-16-12-8-15-7-11(14)17-12/h1-3,6-8H,4-5H2,(H3,14,16,17). The Kier molecular flexibility index (Phi) is 3.49. The van der Waals surface area contributed by atoms with Gasteiger partial charge in [0, 0.05) is 6.54 Å². The zero-order valence-corrected chi connectivity index (χ0v) is 9.23. The van der Waals surface area contributed by atoms with Crippen molar-refractivity contribution in [1.29, 1.82) is 0 Å². The van der Waals surface area contributed by atoms with Crippen LogP contribution < -0.4 is 11.1 Å². The van der Waals surface area contributed by atoms with E-state index in [-0.39, 0.29) is 5.82 Å². The lowest BCUT2D eigenvalue weighted by Crippen LogP contribution is -2.07. The lowest BCUT2D eigenvalue weighted by Gasteiger charge is -2.05. The van der Waals surface area contributed by atoms with Crippen molar-refractivity contribution in [2.24, 2.45) is 0 Å². The summed E-state index contributed by atoms with van der Waals surface area (Å²) in [6.07, 6.45) is 3.80. The van der Waals surface area contributed by atoms with Crippen LogP contribution in [0, 0.1) is 5.82 Å². The summed E-state index contributed by atoms with van der Waals surface area (Å²) in [5.74, 6) is 0.786. The van der Waals surface area contributed by atoms with Crippen molar-refractivity contribution in [3.8, 4) is 0 Å². The molecule has 0 fully saturated rings. The highest BCUT2D eigenvalue weighted by Gasteiger charge is 1.97. The molecule has 1 aromatic carbocycles. The summed E-state index contributed by atoms with van der Waals surface area (Å²) in [6, 6.07) is 6.54. The first-order valence-corrected chi connectivity index (χ1v) is 5.30. The number of hydrogen-bond donors (Lipinski definition) is 2. The van der Waals surface area contributed by atoms with Gasteiger partial charge in [0.2, 0.25) is 0 Å². The molecular weight excluding hydrogens is 219 g/mol. The maximum Gasteiger partial charge on any atom is 0.146 e. The second kappa shape index (κ2) is 5.25. The van der Waals surface area contributed by atoms with Crippen LogP contribution in [0.15, 0.2) is 36.7 Å². The number of nitrogens with zero attached hydrogens (tertiary/aromatic N) is 2. The fourth-order valence-electron chi connectivity index (χ4n) is 1.49. The maximum absolute atomic E-state index is 12.9. The lowest BCUT2D eigenvalue weighted by atomic mass is 10.1. The second-order valence-corrected chi connectivity index (χ2v) is 3.64. The average molecular weight is 232 g/mol. The van der Waals surface area contributed by atoms with Crippen LogP contribution in [0.25, 0.3) is 0 Å². The van der Waals surface area contributed by atoms with E-state index in [0.717, 1.165) is 5.56 Å². The van der Waals surface area contributed by atoms with Crippen LogP contribution in [0.5, 0.6) is 0 Å². The molecule has 2 aromatic rings. The Bertz CT molecular complexity index is 456. The zero-order chi connectivity index (χ0) is 12.1. The Labute approximate surface area is 98.7 Å². The Morgan fingerprint density at radius 3 is 2.94 bits per heavy atom. The minimum atomic E-state index is -0.216. The summed E-state index contributed by atoms with van der Waals surface area (Å²) >= 11 is 0. The largest absolute Gasteiger partial charge is 0.382 e. The van der Waals surface area contributed by atoms with E-state index in [9.17, 15) is 4.39 Å². The molecule has 0 aliphatic heterocycles. The van der Waals surface area contributed by atoms with Crippen molar-refractivity contribution in [3.63, 3.8) is 0 Å². The fourth-order valence-corrected chi connectivity index (χ4v) is 1.49. The van der Waals surface area contributed by atoms with E-state index in [1.165, 1.54) is 18.3 Å². The molecule has 17 heavy (non-hydrogen) atoms. The molecule has 5 heteroatoms. The molecule has 0 saturated heterocycles. The average Bonchev–Trinajstić information content (AvgIpc) is 2.29. The molecule has 0 radical (unpaired) electrons. The van der Waals surface area contributed by atoms with Gasteiger partial charge in [-0.25, -0.2) is 9.37 Å². The molecule has 0 bridgehead atoms. The van der Waals surface area contributed by atoms with Gasteiger partial charge in [-0.2, -0.15) is 0 Å². The Hall–Kier alpha value is -2.17. The molecule has 2 rings (SSSR count). The highest BCUT2D eigenvalue weighted by atomic mass is 19.1. The lowest BCUT2D eigenvalue weighted by molar-refractivity contribution is 0.625. The highest BCUT2D eigenvalue weighted by Crippen LogP contribution is 2.06. The van der Waals surface area contributed by atoms with Gasteiger partial charge in [0.05, 0.1) is 12.4 Å². The van der Waals surface area contributed by atoms with E-state index >= 15 is 0 Å². The predicted molar refractivity (Wildman–Crippen MR) is 65.0 cm³/mol. The van der Waals surface area contributed by atoms with Crippen molar-refractivity contribution in [1.82, 2.24) is 9.97 Å². The molecule has 0 amide bonds. The summed E-state index contributed by atoms with van der Waals surface area (Å²) < 4.78 is 12.9. The molecule has 1 heterocycles. The number of halogens is 1. The maximum atomic E-state index is 12.9. The van der Waals surface area contributed by atoms with E-state index in [4.69, 9.17) is 5.73 Å². The van der Waals surface area contributed by atoms with Gasteiger partial charge in [0.15, 0.2) is 0 Å². The van der Waals surface area contributed by atoms with Gasteiger partial charge < -0.3 is 11.1 Å². The van der Waals surface area contributed by atoms with E-state index in [1.807, 2.05) is 6.07 Å². The summed E-state index contributed by atoms with van der Waals surface area (Å²) in [5, 5.41) is 3.08. The predicted octanol–water partition coefficient (Wildman–Crippen LogP) is 1.85. The third-order valence-corrected chi connectivity index (χ3v) is 2.26. The normalized spacial score (nSPS) is 10.2. The van der Waals surface area contributed by atoms with Crippen LogP contribution in [0.1, 0.15) is 5.56 Å². The topological polar surface area (TPSA) is 63.8 Å². The van der Waals surface area contributed by atoms with Crippen molar-refractivity contribution >= 4 is 11.6 Å². The number of aromatic nitrogens is 2. The molecule has 88 valence electrons. The number of hydrogen-bond acceptors (Lipinski definition) is 4. The van der Waals surface area contributed by atoms with Crippen molar-refractivity contribution in [2.45, 2.75) is 6.42 Å². The van der Waals surface area contributed by atoms with Crippen LogP contribution >= 0.6 is 0 Å². The Balaban J connectivity index is 1.87. The summed E-state index contributed by atoms with van der Waals surface area (Å²) in [4.78, 5) is 7.97. The number of anilines is 2. The van der Waals surface area contributed by atoms with Crippen molar-refractivity contribution in [3.05, 3.63) is 48.0 Å². The van der Waals surface area contributed by atoms with Crippen LogP contribution in [0.2, 0.25) is 0 Å². The van der Waals surface area contributed by atoms with Crippen LogP contribution in [0.4, 0.5) is 16.0 Å². The van der Waals surface area contributed by atoms with Crippen molar-refractivity contribution in [2.75, 3.05) is 17.6 Å². The third kappa shape index (κ3) is 3.41. The first-order chi connectivity index (χ1) is 8.24. The van der Waals surface area contributed by atoms with Crippen LogP contribution in [-0.4, -0.2) is 16.5 Å². The Morgan fingerprint density at radius 2 is 2.18 bits per heavy atom. The van der Waals surface area contributed by atoms with E-state index in [1.54, 1.807) is 12.3 Å². The van der Waals surface area contributed by atoms with Gasteiger partial charge in [0.25, 0.3) is 0 Å². The summed E-state index contributed by atoms with van der Waals surface area (Å²) in [6.45, 7) is 0.654. The quantitative estimate of drug-likeness (QED) is 0.844. The van der Waals surface area contributed by atoms with E-state index < -0.39 is 0 Å². The number of nitrogens with one attached hydrogen (secondary N) is 1. The molecule has 0 spiro atoms. The number of benzene rings is 1. The minimum absolute atomic E-state index is 0.216. The van der Waals surface area contributed by atoms with Gasteiger partial charge in [0.1, 0.15) is 17.5 Å². The molecule has 1 aromatic heterocycles. The molecule has 0 aliphatic rings. The summed E-state index contributed by atoms with van der Waals surface area (Å²) in [5.41, 5.74) is 6.44.